The van der Waals surface area contributed by atoms with E-state index in [0.29, 0.717) is 12.1 Å². The summed E-state index contributed by atoms with van der Waals surface area (Å²) in [6, 6.07) is 2.10. The third-order valence-electron chi connectivity index (χ3n) is 1.82. The van der Waals surface area contributed by atoms with Crippen molar-refractivity contribution >= 4 is 5.91 Å². The molecule has 0 bridgehead atoms. The van der Waals surface area contributed by atoms with Crippen LogP contribution in [0.25, 0.3) is 0 Å². The Labute approximate surface area is 88.2 Å². The van der Waals surface area contributed by atoms with Gasteiger partial charge in [0.2, 0.25) is 0 Å². The SMILES string of the molecule is CC(C)(C#N)CNC(=O)c1cncnc1. The molecule has 1 aromatic rings. The van der Waals surface area contributed by atoms with Crippen molar-refractivity contribution in [1.29, 1.82) is 5.26 Å². The number of rotatable bonds is 3. The maximum absolute atomic E-state index is 11.5. The quantitative estimate of drug-likeness (QED) is 0.788. The zero-order chi connectivity index (χ0) is 11.3. The third-order valence-corrected chi connectivity index (χ3v) is 1.82. The van der Waals surface area contributed by atoms with E-state index in [9.17, 15) is 4.79 Å². The van der Waals surface area contributed by atoms with Gasteiger partial charge in [-0.2, -0.15) is 5.26 Å². The zero-order valence-corrected chi connectivity index (χ0v) is 8.69. The predicted octanol–water partition coefficient (Wildman–Crippen LogP) is 0.756. The number of carbonyl (C=O) groups is 1. The molecule has 5 heteroatoms. The van der Waals surface area contributed by atoms with E-state index in [1.54, 1.807) is 13.8 Å². The lowest BCUT2D eigenvalue weighted by Gasteiger charge is -2.15. The molecule has 5 nitrogen and oxygen atoms in total. The van der Waals surface area contributed by atoms with E-state index >= 15 is 0 Å². The molecule has 1 amide bonds. The molecule has 1 heterocycles. The van der Waals surface area contributed by atoms with Crippen LogP contribution in [0.4, 0.5) is 0 Å². The molecule has 0 unspecified atom stereocenters. The van der Waals surface area contributed by atoms with Crippen LogP contribution in [0.1, 0.15) is 24.2 Å². The van der Waals surface area contributed by atoms with Crippen molar-refractivity contribution in [2.45, 2.75) is 13.8 Å². The molecule has 0 aromatic carbocycles. The highest BCUT2D eigenvalue weighted by Crippen LogP contribution is 2.10. The molecule has 0 fully saturated rings. The molecule has 1 aromatic heterocycles. The van der Waals surface area contributed by atoms with Gasteiger partial charge in [-0.1, -0.05) is 0 Å². The first-order chi connectivity index (χ1) is 7.05. The number of aromatic nitrogens is 2. The van der Waals surface area contributed by atoms with Gasteiger partial charge in [0.25, 0.3) is 5.91 Å². The molecule has 0 atom stereocenters. The van der Waals surface area contributed by atoms with Crippen molar-refractivity contribution in [3.63, 3.8) is 0 Å². The van der Waals surface area contributed by atoms with Crippen LogP contribution in [0.5, 0.6) is 0 Å². The van der Waals surface area contributed by atoms with Crippen molar-refractivity contribution < 1.29 is 4.79 Å². The van der Waals surface area contributed by atoms with Crippen molar-refractivity contribution in [1.82, 2.24) is 15.3 Å². The minimum absolute atomic E-state index is 0.265. The number of nitrogens with one attached hydrogen (secondary N) is 1. The molecule has 0 aliphatic carbocycles. The van der Waals surface area contributed by atoms with Crippen LogP contribution in [0.2, 0.25) is 0 Å². The Hall–Kier alpha value is -1.96. The standard InChI is InChI=1S/C10H12N4O/c1-10(2,5-11)6-14-9(15)8-3-12-7-13-4-8/h3-4,7H,6H2,1-2H3,(H,14,15). The summed E-state index contributed by atoms with van der Waals surface area (Å²) in [5.74, 6) is -0.265. The summed E-state index contributed by atoms with van der Waals surface area (Å²) in [5, 5.41) is 11.4. The van der Waals surface area contributed by atoms with Gasteiger partial charge in [-0.15, -0.1) is 0 Å². The normalized spacial score (nSPS) is 10.5. The summed E-state index contributed by atoms with van der Waals surface area (Å²) in [5.41, 5.74) is -0.170. The van der Waals surface area contributed by atoms with Crippen LogP contribution in [0.3, 0.4) is 0 Å². The molecular formula is C10H12N4O. The monoisotopic (exact) mass is 204 g/mol. The predicted molar refractivity (Wildman–Crippen MR) is 53.8 cm³/mol. The Balaban J connectivity index is 2.56. The molecule has 0 aliphatic heterocycles. The van der Waals surface area contributed by atoms with Gasteiger partial charge in [0.15, 0.2) is 0 Å². The van der Waals surface area contributed by atoms with E-state index in [-0.39, 0.29) is 5.91 Å². The van der Waals surface area contributed by atoms with Gasteiger partial charge in [-0.05, 0) is 13.8 Å². The molecule has 0 saturated carbocycles. The molecular weight excluding hydrogens is 192 g/mol. The van der Waals surface area contributed by atoms with Gasteiger partial charge < -0.3 is 5.32 Å². The van der Waals surface area contributed by atoms with Crippen LogP contribution in [0, 0.1) is 16.7 Å². The Kier molecular flexibility index (Phi) is 3.34. The van der Waals surface area contributed by atoms with Crippen LogP contribution < -0.4 is 5.32 Å². The number of nitriles is 1. The van der Waals surface area contributed by atoms with Crippen molar-refractivity contribution in [2.24, 2.45) is 5.41 Å². The fourth-order valence-electron chi connectivity index (χ4n) is 0.859. The number of amides is 1. The highest BCUT2D eigenvalue weighted by molar-refractivity contribution is 5.93. The zero-order valence-electron chi connectivity index (χ0n) is 8.69. The largest absolute Gasteiger partial charge is 0.350 e. The average Bonchev–Trinajstić information content (AvgIpc) is 2.27. The van der Waals surface area contributed by atoms with Crippen LogP contribution in [-0.4, -0.2) is 22.4 Å². The minimum Gasteiger partial charge on any atom is -0.350 e. The molecule has 0 saturated heterocycles. The van der Waals surface area contributed by atoms with Crippen molar-refractivity contribution in [3.05, 3.63) is 24.3 Å². The number of nitrogens with zero attached hydrogens (tertiary/aromatic N) is 3. The summed E-state index contributed by atoms with van der Waals surface area (Å²) in [4.78, 5) is 19.0. The van der Waals surface area contributed by atoms with Gasteiger partial charge in [0.1, 0.15) is 6.33 Å². The molecule has 15 heavy (non-hydrogen) atoms. The first-order valence-corrected chi connectivity index (χ1v) is 4.49. The van der Waals surface area contributed by atoms with Gasteiger partial charge >= 0.3 is 0 Å². The Morgan fingerprint density at radius 3 is 2.67 bits per heavy atom. The van der Waals surface area contributed by atoms with Gasteiger partial charge in [-0.25, -0.2) is 9.97 Å². The maximum atomic E-state index is 11.5. The lowest BCUT2D eigenvalue weighted by atomic mass is 9.96. The van der Waals surface area contributed by atoms with Crippen LogP contribution in [0.15, 0.2) is 18.7 Å². The Morgan fingerprint density at radius 1 is 1.53 bits per heavy atom. The summed E-state index contributed by atoms with van der Waals surface area (Å²) in [6.07, 6.45) is 4.22. The Bertz CT molecular complexity index is 380. The molecule has 1 N–H and O–H groups in total. The topological polar surface area (TPSA) is 78.7 Å². The smallest absolute Gasteiger partial charge is 0.254 e. The van der Waals surface area contributed by atoms with Gasteiger partial charge in [0.05, 0.1) is 17.0 Å². The fourth-order valence-corrected chi connectivity index (χ4v) is 0.859. The lowest BCUT2D eigenvalue weighted by molar-refractivity contribution is 0.0943. The third kappa shape index (κ3) is 3.35. The molecule has 78 valence electrons. The molecule has 0 spiro atoms. The van der Waals surface area contributed by atoms with Crippen molar-refractivity contribution in [2.75, 3.05) is 6.54 Å². The van der Waals surface area contributed by atoms with E-state index in [4.69, 9.17) is 5.26 Å². The molecule has 0 aliphatic rings. The second-order valence-electron chi connectivity index (χ2n) is 3.81. The van der Waals surface area contributed by atoms with Crippen LogP contribution in [-0.2, 0) is 0 Å². The summed E-state index contributed by atoms with van der Waals surface area (Å²) in [6.45, 7) is 3.82. The average molecular weight is 204 g/mol. The molecule has 1 rings (SSSR count). The Morgan fingerprint density at radius 2 is 2.13 bits per heavy atom. The molecule has 0 radical (unpaired) electrons. The first-order valence-electron chi connectivity index (χ1n) is 4.49. The van der Waals surface area contributed by atoms with Gasteiger partial charge in [-0.3, -0.25) is 4.79 Å². The summed E-state index contributed by atoms with van der Waals surface area (Å²) in [7, 11) is 0. The van der Waals surface area contributed by atoms with E-state index < -0.39 is 5.41 Å². The maximum Gasteiger partial charge on any atom is 0.254 e. The number of carbonyl (C=O) groups excluding carboxylic acids is 1. The summed E-state index contributed by atoms with van der Waals surface area (Å²) < 4.78 is 0. The lowest BCUT2D eigenvalue weighted by Crippen LogP contribution is -2.33. The van der Waals surface area contributed by atoms with E-state index in [0.717, 1.165) is 0 Å². The number of hydrogen-bond donors (Lipinski definition) is 1. The first kappa shape index (κ1) is 11.1. The minimum atomic E-state index is -0.564. The van der Waals surface area contributed by atoms with E-state index in [1.165, 1.54) is 18.7 Å². The highest BCUT2D eigenvalue weighted by atomic mass is 16.1. The van der Waals surface area contributed by atoms with Gasteiger partial charge in [0, 0.05) is 18.9 Å². The highest BCUT2D eigenvalue weighted by Gasteiger charge is 2.18. The second kappa shape index (κ2) is 4.51. The van der Waals surface area contributed by atoms with E-state index in [1.807, 2.05) is 0 Å². The van der Waals surface area contributed by atoms with E-state index in [2.05, 4.69) is 21.4 Å². The second-order valence-corrected chi connectivity index (χ2v) is 3.81. The summed E-state index contributed by atoms with van der Waals surface area (Å²) >= 11 is 0. The fraction of sp³-hybridized carbons (Fsp3) is 0.400. The van der Waals surface area contributed by atoms with Crippen molar-refractivity contribution in [3.8, 4) is 6.07 Å². The number of hydrogen-bond acceptors (Lipinski definition) is 4. The van der Waals surface area contributed by atoms with Crippen LogP contribution >= 0.6 is 0 Å².